The summed E-state index contributed by atoms with van der Waals surface area (Å²) in [6.45, 7) is 18.4. The summed E-state index contributed by atoms with van der Waals surface area (Å²) in [7, 11) is -1.34. The van der Waals surface area contributed by atoms with Gasteiger partial charge in [-0.2, -0.15) is 0 Å². The third kappa shape index (κ3) is 8.38. The fraction of sp³-hybridized carbons (Fsp3) is 0.250. The van der Waals surface area contributed by atoms with E-state index in [9.17, 15) is 0 Å². The third-order valence-electron chi connectivity index (χ3n) is 8.60. The maximum absolute atomic E-state index is 6.33. The molecule has 257 valence electrons. The predicted molar refractivity (Wildman–Crippen MR) is 208 cm³/mol. The maximum Gasteiger partial charge on any atom is 0.121 e. The van der Waals surface area contributed by atoms with Crippen molar-refractivity contribution in [2.45, 2.75) is 66.6 Å². The summed E-state index contributed by atoms with van der Waals surface area (Å²) in [5.41, 5.74) is 10.6. The number of aromatic nitrogens is 3. The summed E-state index contributed by atoms with van der Waals surface area (Å²) in [5, 5.41) is 3.54. The van der Waals surface area contributed by atoms with Crippen molar-refractivity contribution in [3.8, 4) is 33.6 Å². The van der Waals surface area contributed by atoms with Crippen LogP contribution in [0.1, 0.15) is 51.7 Å². The molecule has 0 N–H and O–H groups in total. The molecule has 0 aliphatic carbocycles. The zero-order chi connectivity index (χ0) is 34.8. The van der Waals surface area contributed by atoms with E-state index in [1.165, 1.54) is 16.3 Å². The molecular weight excluding hydrogens is 807 g/mol. The number of benzene rings is 3. The summed E-state index contributed by atoms with van der Waals surface area (Å²) in [6.07, 6.45) is 9.91. The molecule has 7 rings (SSSR count). The first-order valence-corrected chi connectivity index (χ1v) is 20.6. The number of hydrogen-bond donors (Lipinski definition) is 0. The van der Waals surface area contributed by atoms with Crippen LogP contribution < -0.4 is 5.19 Å². The second-order valence-corrected chi connectivity index (χ2v) is 20.3. The van der Waals surface area contributed by atoms with E-state index >= 15 is 0 Å². The largest absolute Gasteiger partial charge is 0.500 e. The maximum atomic E-state index is 6.33. The number of rotatable bonds is 6. The minimum atomic E-state index is -1.34. The Morgan fingerprint density at radius 3 is 2.26 bits per heavy atom. The van der Waals surface area contributed by atoms with Crippen molar-refractivity contribution in [1.82, 2.24) is 15.0 Å². The fourth-order valence-corrected chi connectivity index (χ4v) is 8.01. The topological polar surface area (TPSA) is 51.8 Å². The second kappa shape index (κ2) is 15.3. The van der Waals surface area contributed by atoms with Crippen molar-refractivity contribution in [1.29, 1.82) is 0 Å². The zero-order valence-corrected chi connectivity index (χ0v) is 33.7. The van der Waals surface area contributed by atoms with Gasteiger partial charge in [0.05, 0.1) is 13.7 Å². The average Bonchev–Trinajstić information content (AvgIpc) is 3.47. The van der Waals surface area contributed by atoms with E-state index in [-0.39, 0.29) is 25.5 Å². The Morgan fingerprint density at radius 2 is 1.58 bits per heavy atom. The molecule has 4 aromatic heterocycles. The van der Waals surface area contributed by atoms with Crippen LogP contribution in [0.5, 0.6) is 0 Å². The molecule has 0 aliphatic heterocycles. The zero-order valence-electron chi connectivity index (χ0n) is 30.3. The normalized spacial score (nSPS) is 11.7. The first kappa shape index (κ1) is 37.0. The summed E-state index contributed by atoms with van der Waals surface area (Å²) in [4.78, 5) is 13.7. The molecule has 0 bridgehead atoms. The van der Waals surface area contributed by atoms with E-state index < -0.39 is 8.07 Å². The predicted octanol–water partition coefficient (Wildman–Crippen LogP) is 11.3. The number of nitrogens with zero attached hydrogens (tertiary/aromatic N) is 3. The number of pyridine rings is 3. The average molecular weight is 852 g/mol. The van der Waals surface area contributed by atoms with Crippen LogP contribution in [0, 0.1) is 17.7 Å². The minimum Gasteiger partial charge on any atom is -0.500 e. The van der Waals surface area contributed by atoms with E-state index in [0.717, 1.165) is 62.0 Å². The van der Waals surface area contributed by atoms with Gasteiger partial charge in [-0.25, -0.2) is 0 Å². The van der Waals surface area contributed by atoms with Crippen LogP contribution in [0.4, 0.5) is 0 Å². The van der Waals surface area contributed by atoms with Gasteiger partial charge in [-0.1, -0.05) is 126 Å². The molecule has 0 fully saturated rings. The molecule has 1 radical (unpaired) electrons. The minimum absolute atomic E-state index is 0. The van der Waals surface area contributed by atoms with Crippen LogP contribution >= 0.6 is 0 Å². The molecule has 0 unspecified atom stereocenters. The smallest absolute Gasteiger partial charge is 0.121 e. The standard InChI is InChI=1S/C27H23N2O.C17H22NSi.Ir/c1-27(2,3)15-18-12-13-29-23(14-18)21-16-28-17-22-25-20(19-8-5-4-6-9-19)10-7-11-24(25)30-26(21)22;1-13(2)15-11-16(14-9-7-6-8-10-14)18-12-17(15)19(3,4)5;/h4-14,17H,15H2,1-3H3;6-9,11-13H,1-5H3;/q2*-1;. The first-order valence-electron chi connectivity index (χ1n) is 17.1. The second-order valence-electron chi connectivity index (χ2n) is 15.3. The molecule has 4 heterocycles. The summed E-state index contributed by atoms with van der Waals surface area (Å²) in [5.74, 6) is 0.534. The third-order valence-corrected chi connectivity index (χ3v) is 10.6. The van der Waals surface area contributed by atoms with Crippen LogP contribution in [0.3, 0.4) is 0 Å². The van der Waals surface area contributed by atoms with Crippen molar-refractivity contribution in [2.24, 2.45) is 5.41 Å². The Bertz CT molecular complexity index is 2200. The molecule has 6 heteroatoms. The van der Waals surface area contributed by atoms with Gasteiger partial charge in [0.15, 0.2) is 0 Å². The monoisotopic (exact) mass is 852 g/mol. The van der Waals surface area contributed by atoms with Crippen molar-refractivity contribution in [3.63, 3.8) is 0 Å². The molecule has 0 atom stereocenters. The van der Waals surface area contributed by atoms with Crippen molar-refractivity contribution in [3.05, 3.63) is 133 Å². The molecular formula is C44H45IrN3OSi-2. The first-order chi connectivity index (χ1) is 23.4. The number of fused-ring (bicyclic) bond motifs is 3. The SMILES string of the molecule is CC(C)(C)Cc1ccnc(-c2[c-]ncc3c2oc2cccc(-c4ccccc4)c23)c1.CC(C)c1cc(-c2[c-]cccc2)ncc1[Si](C)(C)C.[Ir]. The van der Waals surface area contributed by atoms with Gasteiger partial charge in [-0.15, -0.1) is 35.9 Å². The van der Waals surface area contributed by atoms with E-state index in [1.54, 1.807) is 0 Å². The molecule has 0 saturated heterocycles. The van der Waals surface area contributed by atoms with Crippen LogP contribution in [0.25, 0.3) is 55.6 Å². The van der Waals surface area contributed by atoms with Gasteiger partial charge < -0.3 is 19.4 Å². The molecule has 3 aromatic carbocycles. The van der Waals surface area contributed by atoms with Crippen LogP contribution in [0.2, 0.25) is 19.6 Å². The molecule has 0 amide bonds. The van der Waals surface area contributed by atoms with E-state index in [1.807, 2.05) is 48.8 Å². The number of hydrogen-bond acceptors (Lipinski definition) is 4. The van der Waals surface area contributed by atoms with Crippen molar-refractivity contribution < 1.29 is 24.5 Å². The van der Waals surface area contributed by atoms with E-state index in [0.29, 0.717) is 5.92 Å². The summed E-state index contributed by atoms with van der Waals surface area (Å²) < 4.78 is 6.33. The Balaban J connectivity index is 0.000000211. The fourth-order valence-electron chi connectivity index (χ4n) is 6.33. The molecule has 50 heavy (non-hydrogen) atoms. The van der Waals surface area contributed by atoms with Crippen LogP contribution in [-0.2, 0) is 26.5 Å². The Labute approximate surface area is 311 Å². The molecule has 0 saturated carbocycles. The van der Waals surface area contributed by atoms with Gasteiger partial charge in [0, 0.05) is 37.9 Å². The number of furan rings is 1. The van der Waals surface area contributed by atoms with Crippen molar-refractivity contribution >= 4 is 35.2 Å². The molecule has 7 aromatic rings. The van der Waals surface area contributed by atoms with Gasteiger partial charge in [0.25, 0.3) is 0 Å². The molecule has 4 nitrogen and oxygen atoms in total. The van der Waals surface area contributed by atoms with Gasteiger partial charge in [0.1, 0.15) is 5.58 Å². The van der Waals surface area contributed by atoms with Crippen LogP contribution in [-0.4, -0.2) is 23.0 Å². The van der Waals surface area contributed by atoms with E-state index in [4.69, 9.17) is 4.42 Å². The van der Waals surface area contributed by atoms with Crippen molar-refractivity contribution in [2.75, 3.05) is 0 Å². The van der Waals surface area contributed by atoms with Gasteiger partial charge in [-0.3, -0.25) is 0 Å². The van der Waals surface area contributed by atoms with Gasteiger partial charge in [-0.05, 0) is 75.4 Å². The Morgan fingerprint density at radius 1 is 0.820 bits per heavy atom. The quantitative estimate of drug-likeness (QED) is 0.124. The molecule has 0 aliphatic rings. The summed E-state index contributed by atoms with van der Waals surface area (Å²) in [6, 6.07) is 34.3. The van der Waals surface area contributed by atoms with Crippen LogP contribution in [0.15, 0.2) is 114 Å². The Hall–Kier alpha value is -4.22. The summed E-state index contributed by atoms with van der Waals surface area (Å²) >= 11 is 0. The Kier molecular flexibility index (Phi) is 11.4. The van der Waals surface area contributed by atoms with Gasteiger partial charge in [0.2, 0.25) is 0 Å². The molecule has 0 spiro atoms. The van der Waals surface area contributed by atoms with E-state index in [2.05, 4.69) is 142 Å². The van der Waals surface area contributed by atoms with Gasteiger partial charge >= 0.3 is 0 Å².